The third-order valence-electron chi connectivity index (χ3n) is 4.00. The average molecular weight is 400 g/mol. The Morgan fingerprint density at radius 2 is 1.07 bits per heavy atom. The van der Waals surface area contributed by atoms with Crippen LogP contribution in [0.15, 0.2) is 61.1 Å². The third kappa shape index (κ3) is 3.83. The Morgan fingerprint density at radius 3 is 1.50 bits per heavy atom. The molecule has 4 heterocycles. The zero-order chi connectivity index (χ0) is 21.1. The molecule has 0 spiro atoms. The minimum absolute atomic E-state index is 0.0207. The number of hydrogen-bond donors (Lipinski definition) is 2. The van der Waals surface area contributed by atoms with Crippen LogP contribution in [0.2, 0.25) is 0 Å². The first-order valence-electron chi connectivity index (χ1n) is 8.58. The first-order valence-corrected chi connectivity index (χ1v) is 8.58. The topological polar surface area (TPSA) is 152 Å². The number of aromatic nitrogens is 6. The van der Waals surface area contributed by atoms with Crippen molar-refractivity contribution in [1.29, 1.82) is 0 Å². The fourth-order valence-electron chi connectivity index (χ4n) is 2.59. The second kappa shape index (κ2) is 7.80. The molecular weight excluding hydrogens is 388 g/mol. The van der Waals surface area contributed by atoms with Gasteiger partial charge in [0.1, 0.15) is 17.1 Å². The van der Waals surface area contributed by atoms with Gasteiger partial charge < -0.3 is 10.2 Å². The van der Waals surface area contributed by atoms with Crippen molar-refractivity contribution in [2.24, 2.45) is 0 Å². The van der Waals surface area contributed by atoms with Gasteiger partial charge in [0, 0.05) is 18.6 Å². The molecule has 0 saturated carbocycles. The van der Waals surface area contributed by atoms with Gasteiger partial charge in [0.05, 0.1) is 11.1 Å². The highest BCUT2D eigenvalue weighted by molar-refractivity contribution is 5.89. The Morgan fingerprint density at radius 1 is 0.600 bits per heavy atom. The summed E-state index contributed by atoms with van der Waals surface area (Å²) in [6.07, 6.45) is 4.25. The molecule has 0 fully saturated rings. The largest absolute Gasteiger partial charge is 0.478 e. The maximum Gasteiger partial charge on any atom is 0.335 e. The van der Waals surface area contributed by atoms with Gasteiger partial charge in [0.15, 0.2) is 17.5 Å². The number of carbonyl (C=O) groups is 2. The third-order valence-corrected chi connectivity index (χ3v) is 4.00. The molecule has 0 radical (unpaired) electrons. The van der Waals surface area contributed by atoms with E-state index in [1.807, 2.05) is 0 Å². The molecule has 0 aliphatic heterocycles. The molecule has 0 aliphatic carbocycles. The maximum absolute atomic E-state index is 11.3. The van der Waals surface area contributed by atoms with Gasteiger partial charge in [-0.15, -0.1) is 0 Å². The fourth-order valence-corrected chi connectivity index (χ4v) is 2.59. The van der Waals surface area contributed by atoms with Crippen LogP contribution in [0.5, 0.6) is 0 Å². The summed E-state index contributed by atoms with van der Waals surface area (Å²) in [6, 6.07) is 10.6. The lowest BCUT2D eigenvalue weighted by Crippen LogP contribution is -2.05. The van der Waals surface area contributed by atoms with E-state index in [-0.39, 0.29) is 40.0 Å². The number of rotatable bonds is 5. The van der Waals surface area contributed by atoms with E-state index in [1.165, 1.54) is 36.7 Å². The summed E-state index contributed by atoms with van der Waals surface area (Å²) in [4.78, 5) is 48.2. The van der Waals surface area contributed by atoms with E-state index in [9.17, 15) is 19.8 Å². The summed E-state index contributed by atoms with van der Waals surface area (Å²) in [6.45, 7) is 0. The van der Waals surface area contributed by atoms with Crippen LogP contribution in [-0.2, 0) is 0 Å². The molecule has 30 heavy (non-hydrogen) atoms. The zero-order valence-electron chi connectivity index (χ0n) is 15.2. The lowest BCUT2D eigenvalue weighted by molar-refractivity contribution is 0.0686. The van der Waals surface area contributed by atoms with E-state index in [1.54, 1.807) is 24.4 Å². The molecule has 4 rings (SSSR count). The Kier molecular flexibility index (Phi) is 4.87. The van der Waals surface area contributed by atoms with Crippen molar-refractivity contribution in [3.8, 4) is 34.6 Å². The Labute approximate surface area is 169 Å². The minimum atomic E-state index is -1.12. The monoisotopic (exact) mass is 400 g/mol. The Balaban J connectivity index is 1.92. The maximum atomic E-state index is 11.3. The van der Waals surface area contributed by atoms with Crippen LogP contribution in [0.3, 0.4) is 0 Å². The van der Waals surface area contributed by atoms with Gasteiger partial charge >= 0.3 is 11.9 Å². The Bertz CT molecular complexity index is 1190. The zero-order valence-corrected chi connectivity index (χ0v) is 15.2. The minimum Gasteiger partial charge on any atom is -0.478 e. The van der Waals surface area contributed by atoms with Gasteiger partial charge in [0.2, 0.25) is 0 Å². The van der Waals surface area contributed by atoms with Crippen molar-refractivity contribution in [1.82, 2.24) is 29.9 Å². The van der Waals surface area contributed by atoms with Crippen LogP contribution >= 0.6 is 0 Å². The standard InChI is InChI=1S/C20H12N6O4/c27-19(28)11-4-7-22-14(9-11)17-24-16(13-3-1-2-6-21-13)25-18(26-17)15-10-12(20(29)30)5-8-23-15/h1-10H,(H,27,28)(H,29,30). The van der Waals surface area contributed by atoms with E-state index >= 15 is 0 Å². The van der Waals surface area contributed by atoms with E-state index in [2.05, 4.69) is 29.9 Å². The molecule has 10 heteroatoms. The summed E-state index contributed by atoms with van der Waals surface area (Å²) in [5.74, 6) is -1.82. The first-order chi connectivity index (χ1) is 14.5. The summed E-state index contributed by atoms with van der Waals surface area (Å²) in [7, 11) is 0. The van der Waals surface area contributed by atoms with Crippen molar-refractivity contribution in [2.45, 2.75) is 0 Å². The van der Waals surface area contributed by atoms with Gasteiger partial charge in [-0.05, 0) is 36.4 Å². The van der Waals surface area contributed by atoms with Gasteiger partial charge in [-0.1, -0.05) is 6.07 Å². The number of carboxylic acid groups (broad SMARTS) is 2. The van der Waals surface area contributed by atoms with E-state index in [0.717, 1.165) is 0 Å². The molecule has 0 aliphatic rings. The number of carboxylic acids is 2. The van der Waals surface area contributed by atoms with Crippen molar-refractivity contribution in [3.05, 3.63) is 72.2 Å². The van der Waals surface area contributed by atoms with Gasteiger partial charge in [-0.25, -0.2) is 24.5 Å². The normalized spacial score (nSPS) is 10.5. The number of aromatic carboxylic acids is 2. The molecule has 2 N–H and O–H groups in total. The molecule has 0 unspecified atom stereocenters. The quantitative estimate of drug-likeness (QED) is 0.511. The molecular formula is C20H12N6O4. The molecule has 0 atom stereocenters. The van der Waals surface area contributed by atoms with E-state index in [4.69, 9.17) is 0 Å². The summed E-state index contributed by atoms with van der Waals surface area (Å²) in [5.41, 5.74) is 0.918. The van der Waals surface area contributed by atoms with Crippen molar-refractivity contribution in [2.75, 3.05) is 0 Å². The molecule has 146 valence electrons. The molecule has 4 aromatic heterocycles. The molecule has 0 amide bonds. The number of hydrogen-bond acceptors (Lipinski definition) is 8. The van der Waals surface area contributed by atoms with Crippen molar-refractivity contribution >= 4 is 11.9 Å². The second-order valence-corrected chi connectivity index (χ2v) is 5.99. The van der Waals surface area contributed by atoms with Crippen LogP contribution in [-0.4, -0.2) is 52.1 Å². The van der Waals surface area contributed by atoms with Gasteiger partial charge in [-0.3, -0.25) is 15.0 Å². The molecule has 0 aromatic carbocycles. The lowest BCUT2D eigenvalue weighted by atomic mass is 10.2. The molecule has 4 aromatic rings. The molecule has 10 nitrogen and oxygen atoms in total. The molecule has 0 saturated heterocycles. The summed E-state index contributed by atoms with van der Waals surface area (Å²) in [5, 5.41) is 18.5. The average Bonchev–Trinajstić information content (AvgIpc) is 2.79. The molecule has 0 bridgehead atoms. The van der Waals surface area contributed by atoms with Crippen LogP contribution in [0, 0.1) is 0 Å². The van der Waals surface area contributed by atoms with Crippen LogP contribution in [0.1, 0.15) is 20.7 Å². The first kappa shape index (κ1) is 18.7. The van der Waals surface area contributed by atoms with Crippen LogP contribution < -0.4 is 0 Å². The fraction of sp³-hybridized carbons (Fsp3) is 0. The SMILES string of the molecule is O=C(O)c1ccnc(-c2nc(-c3ccccn3)nc(-c3cc(C(=O)O)ccn3)n2)c1. The van der Waals surface area contributed by atoms with Crippen molar-refractivity contribution in [3.63, 3.8) is 0 Å². The van der Waals surface area contributed by atoms with Gasteiger partial charge in [-0.2, -0.15) is 0 Å². The lowest BCUT2D eigenvalue weighted by Gasteiger charge is -2.07. The summed E-state index contributed by atoms with van der Waals surface area (Å²) >= 11 is 0. The number of nitrogens with zero attached hydrogens (tertiary/aromatic N) is 6. The second-order valence-electron chi connectivity index (χ2n) is 5.99. The smallest absolute Gasteiger partial charge is 0.335 e. The summed E-state index contributed by atoms with van der Waals surface area (Å²) < 4.78 is 0. The highest BCUT2D eigenvalue weighted by Crippen LogP contribution is 2.22. The predicted octanol–water partition coefficient (Wildman–Crippen LogP) is 2.45. The van der Waals surface area contributed by atoms with E-state index in [0.29, 0.717) is 5.69 Å². The number of pyridine rings is 3. The van der Waals surface area contributed by atoms with Crippen LogP contribution in [0.25, 0.3) is 34.6 Å². The highest BCUT2D eigenvalue weighted by atomic mass is 16.4. The predicted molar refractivity (Wildman–Crippen MR) is 103 cm³/mol. The Hall–Kier alpha value is -4.60. The highest BCUT2D eigenvalue weighted by Gasteiger charge is 2.16. The van der Waals surface area contributed by atoms with E-state index < -0.39 is 11.9 Å². The van der Waals surface area contributed by atoms with Crippen LogP contribution in [0.4, 0.5) is 0 Å². The van der Waals surface area contributed by atoms with Gasteiger partial charge in [0.25, 0.3) is 0 Å². The van der Waals surface area contributed by atoms with Crippen molar-refractivity contribution < 1.29 is 19.8 Å².